The SMILES string of the molecule is CC[C](C1CC1)C1CC1. The molecule has 0 aromatic carbocycles. The lowest BCUT2D eigenvalue weighted by Gasteiger charge is -2.09. The van der Waals surface area contributed by atoms with Gasteiger partial charge in [0.05, 0.1) is 0 Å². The Bertz CT molecular complexity index is 86.6. The zero-order valence-corrected chi connectivity index (χ0v) is 6.19. The van der Waals surface area contributed by atoms with Gasteiger partial charge < -0.3 is 0 Å². The molecule has 0 nitrogen and oxygen atoms in total. The predicted octanol–water partition coefficient (Wildman–Crippen LogP) is 2.79. The molecule has 2 rings (SSSR count). The number of hydrogen-bond acceptors (Lipinski definition) is 0. The highest BCUT2D eigenvalue weighted by molar-refractivity contribution is 5.11. The van der Waals surface area contributed by atoms with E-state index >= 15 is 0 Å². The zero-order chi connectivity index (χ0) is 6.27. The molecule has 51 valence electrons. The lowest BCUT2D eigenvalue weighted by Crippen LogP contribution is -1.99. The van der Waals surface area contributed by atoms with Crippen LogP contribution in [0.5, 0.6) is 0 Å². The first kappa shape index (κ1) is 5.76. The maximum Gasteiger partial charge on any atom is -0.0182 e. The molecule has 0 aliphatic heterocycles. The van der Waals surface area contributed by atoms with Gasteiger partial charge in [-0.25, -0.2) is 0 Å². The van der Waals surface area contributed by atoms with Crippen molar-refractivity contribution in [3.05, 3.63) is 5.92 Å². The molecule has 2 aliphatic carbocycles. The van der Waals surface area contributed by atoms with Gasteiger partial charge in [0.15, 0.2) is 0 Å². The van der Waals surface area contributed by atoms with Gasteiger partial charge in [0, 0.05) is 0 Å². The quantitative estimate of drug-likeness (QED) is 0.541. The summed E-state index contributed by atoms with van der Waals surface area (Å²) in [5.74, 6) is 4.08. The Kier molecular flexibility index (Phi) is 1.28. The van der Waals surface area contributed by atoms with E-state index in [1.165, 1.54) is 32.1 Å². The Hall–Kier alpha value is 0. The predicted molar refractivity (Wildman–Crippen MR) is 39.0 cm³/mol. The first-order valence-electron chi connectivity index (χ1n) is 4.27. The zero-order valence-electron chi connectivity index (χ0n) is 6.19. The second-order valence-corrected chi connectivity index (χ2v) is 3.48. The molecule has 0 heterocycles. The van der Waals surface area contributed by atoms with Crippen LogP contribution in [-0.2, 0) is 0 Å². The van der Waals surface area contributed by atoms with Gasteiger partial charge in [-0.2, -0.15) is 0 Å². The van der Waals surface area contributed by atoms with E-state index in [-0.39, 0.29) is 0 Å². The second-order valence-electron chi connectivity index (χ2n) is 3.48. The molecule has 0 bridgehead atoms. The fraction of sp³-hybridized carbons (Fsp3) is 0.889. The first-order chi connectivity index (χ1) is 4.42. The summed E-state index contributed by atoms with van der Waals surface area (Å²) in [6.07, 6.45) is 7.42. The molecule has 0 N–H and O–H groups in total. The third kappa shape index (κ3) is 1.12. The van der Waals surface area contributed by atoms with Crippen molar-refractivity contribution in [3.8, 4) is 0 Å². The summed E-state index contributed by atoms with van der Waals surface area (Å²) in [5, 5.41) is 0. The van der Waals surface area contributed by atoms with Gasteiger partial charge in [-0.05, 0) is 49.9 Å². The van der Waals surface area contributed by atoms with Crippen LogP contribution in [0.3, 0.4) is 0 Å². The summed E-state index contributed by atoms with van der Waals surface area (Å²) in [6.45, 7) is 2.33. The molecular formula is C9H15. The van der Waals surface area contributed by atoms with Gasteiger partial charge in [0.2, 0.25) is 0 Å². The smallest absolute Gasteiger partial charge is 0.0182 e. The van der Waals surface area contributed by atoms with Crippen molar-refractivity contribution < 1.29 is 0 Å². The molecule has 2 fully saturated rings. The van der Waals surface area contributed by atoms with Crippen LogP contribution in [0.4, 0.5) is 0 Å². The highest BCUT2D eigenvalue weighted by atomic mass is 14.4. The molecule has 0 aromatic heterocycles. The third-order valence-electron chi connectivity index (χ3n) is 2.61. The fourth-order valence-corrected chi connectivity index (χ4v) is 1.82. The first-order valence-corrected chi connectivity index (χ1v) is 4.27. The van der Waals surface area contributed by atoms with Gasteiger partial charge in [-0.15, -0.1) is 0 Å². The van der Waals surface area contributed by atoms with Gasteiger partial charge >= 0.3 is 0 Å². The maximum atomic E-state index is 2.33. The van der Waals surface area contributed by atoms with E-state index in [1.54, 1.807) is 0 Å². The Balaban J connectivity index is 1.85. The molecule has 0 spiro atoms. The highest BCUT2D eigenvalue weighted by Gasteiger charge is 2.40. The minimum atomic E-state index is 1.09. The van der Waals surface area contributed by atoms with Crippen molar-refractivity contribution in [1.29, 1.82) is 0 Å². The minimum Gasteiger partial charge on any atom is -0.0648 e. The molecule has 0 unspecified atom stereocenters. The van der Waals surface area contributed by atoms with Crippen molar-refractivity contribution >= 4 is 0 Å². The highest BCUT2D eigenvalue weighted by Crippen LogP contribution is 2.51. The van der Waals surface area contributed by atoms with Crippen molar-refractivity contribution in [1.82, 2.24) is 0 Å². The third-order valence-corrected chi connectivity index (χ3v) is 2.61. The largest absolute Gasteiger partial charge is 0.0648 e. The molecule has 0 amide bonds. The fourth-order valence-electron chi connectivity index (χ4n) is 1.82. The van der Waals surface area contributed by atoms with Crippen molar-refractivity contribution in [2.24, 2.45) is 11.8 Å². The second kappa shape index (κ2) is 2.00. The van der Waals surface area contributed by atoms with Crippen LogP contribution in [0.1, 0.15) is 39.0 Å². The van der Waals surface area contributed by atoms with Crippen LogP contribution in [0, 0.1) is 17.8 Å². The van der Waals surface area contributed by atoms with Gasteiger partial charge in [-0.3, -0.25) is 0 Å². The summed E-state index contributed by atoms with van der Waals surface area (Å²) in [6, 6.07) is 0. The summed E-state index contributed by atoms with van der Waals surface area (Å²) >= 11 is 0. The minimum absolute atomic E-state index is 1.09. The molecule has 2 aliphatic rings. The van der Waals surface area contributed by atoms with E-state index in [4.69, 9.17) is 0 Å². The van der Waals surface area contributed by atoms with Crippen molar-refractivity contribution in [2.45, 2.75) is 39.0 Å². The Labute approximate surface area is 57.6 Å². The number of rotatable bonds is 3. The lowest BCUT2D eigenvalue weighted by molar-refractivity contribution is 0.647. The van der Waals surface area contributed by atoms with Crippen LogP contribution >= 0.6 is 0 Å². The summed E-state index contributed by atoms with van der Waals surface area (Å²) in [5.41, 5.74) is 0. The molecule has 0 aromatic rings. The summed E-state index contributed by atoms with van der Waals surface area (Å²) < 4.78 is 0. The lowest BCUT2D eigenvalue weighted by atomic mass is 9.95. The van der Waals surface area contributed by atoms with E-state index in [0.29, 0.717) is 0 Å². The molecule has 0 atom stereocenters. The van der Waals surface area contributed by atoms with Gasteiger partial charge in [0.1, 0.15) is 0 Å². The Morgan fingerprint density at radius 2 is 1.56 bits per heavy atom. The van der Waals surface area contributed by atoms with Crippen molar-refractivity contribution in [3.63, 3.8) is 0 Å². The Morgan fingerprint density at radius 3 is 1.78 bits per heavy atom. The molecule has 0 saturated heterocycles. The van der Waals surface area contributed by atoms with E-state index < -0.39 is 0 Å². The van der Waals surface area contributed by atoms with Crippen LogP contribution in [0.2, 0.25) is 0 Å². The molecule has 0 heteroatoms. The molecular weight excluding hydrogens is 108 g/mol. The van der Waals surface area contributed by atoms with E-state index in [1.807, 2.05) is 5.92 Å². The average Bonchev–Trinajstić information content (AvgIpc) is 2.61. The van der Waals surface area contributed by atoms with Crippen LogP contribution in [0.25, 0.3) is 0 Å². The van der Waals surface area contributed by atoms with Gasteiger partial charge in [-0.1, -0.05) is 6.92 Å². The van der Waals surface area contributed by atoms with Crippen LogP contribution < -0.4 is 0 Å². The number of hydrogen-bond donors (Lipinski definition) is 0. The van der Waals surface area contributed by atoms with E-state index in [2.05, 4.69) is 6.92 Å². The molecule has 9 heavy (non-hydrogen) atoms. The van der Waals surface area contributed by atoms with Crippen LogP contribution in [-0.4, -0.2) is 0 Å². The van der Waals surface area contributed by atoms with E-state index in [0.717, 1.165) is 11.8 Å². The molecule has 1 radical (unpaired) electrons. The molecule has 2 saturated carbocycles. The van der Waals surface area contributed by atoms with E-state index in [9.17, 15) is 0 Å². The standard InChI is InChI=1S/C9H15/c1-2-9(7-3-4-7)8-5-6-8/h7-8H,2-6H2,1H3. The monoisotopic (exact) mass is 123 g/mol. The topological polar surface area (TPSA) is 0 Å². The van der Waals surface area contributed by atoms with Crippen molar-refractivity contribution in [2.75, 3.05) is 0 Å². The summed E-state index contributed by atoms with van der Waals surface area (Å²) in [7, 11) is 0. The Morgan fingerprint density at radius 1 is 1.11 bits per heavy atom. The summed E-state index contributed by atoms with van der Waals surface area (Å²) in [4.78, 5) is 0. The van der Waals surface area contributed by atoms with Crippen LogP contribution in [0.15, 0.2) is 0 Å². The maximum absolute atomic E-state index is 2.33. The average molecular weight is 123 g/mol. The normalized spacial score (nSPS) is 27.3. The van der Waals surface area contributed by atoms with Gasteiger partial charge in [0.25, 0.3) is 0 Å².